The predicted octanol–water partition coefficient (Wildman–Crippen LogP) is 3.51. The zero-order chi connectivity index (χ0) is 35.0. The first-order chi connectivity index (χ1) is 22.9. The van der Waals surface area contributed by atoms with Crippen molar-refractivity contribution in [2.75, 3.05) is 30.4 Å². The first-order valence-electron chi connectivity index (χ1n) is 16.3. The van der Waals surface area contributed by atoms with E-state index in [1.54, 1.807) is 46.1 Å². The van der Waals surface area contributed by atoms with Gasteiger partial charge in [-0.05, 0) is 76.2 Å². The van der Waals surface area contributed by atoms with Gasteiger partial charge in [0.05, 0.1) is 17.8 Å². The Balaban J connectivity index is 1.71. The quantitative estimate of drug-likeness (QED) is 0.137. The SMILES string of the molecule is [2H]CNC[C@H](O)[C@@H](OC(=O)c1sc(-c2ccc(NC(=O)c3cscn3)cc2)cc1N(C(=O)C1CCC(C)CC1)C(C)C)[C@H](O)[C@H](O)CO. The molecular weight excluding hydrogens is 645 g/mol. The standard InChI is InChI=1S/C33H44N4O8S2/c1-18(2)37(32(43)21-7-5-19(3)6-8-21)24-13-27(20-9-11-22(12-10-20)36-31(42)23-16-46-17-35-23)47-30(24)33(44)45-29(25(39)14-34-4)28(41)26(40)15-38/h9-13,16-19,21,25-26,28-29,34,38-41H,5-8,14-15H2,1-4H3,(H,36,42)/t19?,21?,25-,26+,28+,29+/m0/s1/i4D. The van der Waals surface area contributed by atoms with Crippen LogP contribution in [0.1, 0.15) is 68.0 Å². The summed E-state index contributed by atoms with van der Waals surface area (Å²) in [7, 11) is -0.256. The van der Waals surface area contributed by atoms with Crippen molar-refractivity contribution in [1.29, 1.82) is 0 Å². The Morgan fingerprint density at radius 3 is 2.40 bits per heavy atom. The number of carbonyl (C=O) groups is 3. The molecule has 4 rings (SSSR count). The fraction of sp³-hybridized carbons (Fsp3) is 0.515. The van der Waals surface area contributed by atoms with Crippen LogP contribution in [0.3, 0.4) is 0 Å². The number of ether oxygens (including phenoxy) is 1. The molecule has 0 unspecified atom stereocenters. The summed E-state index contributed by atoms with van der Waals surface area (Å²) in [6.45, 7) is 4.80. The molecule has 47 heavy (non-hydrogen) atoms. The van der Waals surface area contributed by atoms with E-state index in [0.29, 0.717) is 33.4 Å². The number of hydrogen-bond acceptors (Lipinski definition) is 12. The molecule has 0 bridgehead atoms. The normalized spacial score (nSPS) is 19.4. The lowest BCUT2D eigenvalue weighted by molar-refractivity contribution is -0.123. The molecule has 1 aliphatic rings. The number of esters is 1. The minimum absolute atomic E-state index is 0.0495. The molecule has 1 saturated carbocycles. The minimum atomic E-state index is -1.84. The molecule has 0 spiro atoms. The summed E-state index contributed by atoms with van der Waals surface area (Å²) in [5, 5.41) is 48.1. The molecule has 0 saturated heterocycles. The van der Waals surface area contributed by atoms with E-state index >= 15 is 0 Å². The Morgan fingerprint density at radius 2 is 1.81 bits per heavy atom. The summed E-state index contributed by atoms with van der Waals surface area (Å²) in [6, 6.07) is 8.36. The van der Waals surface area contributed by atoms with Crippen LogP contribution in [-0.4, -0.2) is 93.8 Å². The van der Waals surface area contributed by atoms with E-state index in [1.807, 2.05) is 13.8 Å². The second-order valence-corrected chi connectivity index (χ2v) is 13.9. The molecule has 4 atom stereocenters. The van der Waals surface area contributed by atoms with Crippen molar-refractivity contribution in [2.45, 2.75) is 76.9 Å². The Kier molecular flexibility index (Phi) is 12.5. The van der Waals surface area contributed by atoms with Gasteiger partial charge in [0.25, 0.3) is 5.91 Å². The van der Waals surface area contributed by atoms with E-state index in [9.17, 15) is 34.8 Å². The van der Waals surface area contributed by atoms with Crippen molar-refractivity contribution in [1.82, 2.24) is 10.3 Å². The number of hydrogen-bond donors (Lipinski definition) is 6. The van der Waals surface area contributed by atoms with Gasteiger partial charge in [0.1, 0.15) is 28.9 Å². The van der Waals surface area contributed by atoms with Crippen LogP contribution in [0.2, 0.25) is 0 Å². The maximum atomic E-state index is 14.1. The van der Waals surface area contributed by atoms with Gasteiger partial charge in [-0.15, -0.1) is 22.7 Å². The van der Waals surface area contributed by atoms with Crippen LogP contribution in [0.25, 0.3) is 10.4 Å². The monoisotopic (exact) mass is 689 g/mol. The van der Waals surface area contributed by atoms with Crippen LogP contribution < -0.4 is 15.5 Å². The molecule has 2 heterocycles. The Labute approximate surface area is 283 Å². The molecule has 0 aliphatic heterocycles. The van der Waals surface area contributed by atoms with Crippen molar-refractivity contribution in [3.8, 4) is 10.4 Å². The average Bonchev–Trinajstić information content (AvgIpc) is 3.77. The number of rotatable bonds is 14. The number of thiophene rings is 1. The average molecular weight is 690 g/mol. The number of nitrogens with one attached hydrogen (secondary N) is 2. The fourth-order valence-corrected chi connectivity index (χ4v) is 7.16. The van der Waals surface area contributed by atoms with Crippen LogP contribution in [0, 0.1) is 11.8 Å². The number of aliphatic hydroxyl groups is 4. The van der Waals surface area contributed by atoms with Crippen molar-refractivity contribution < 1.29 is 40.9 Å². The number of aliphatic hydroxyl groups excluding tert-OH is 4. The molecule has 2 aromatic heterocycles. The summed E-state index contributed by atoms with van der Waals surface area (Å²) in [5.41, 5.74) is 3.42. The predicted molar refractivity (Wildman–Crippen MR) is 182 cm³/mol. The second-order valence-electron chi connectivity index (χ2n) is 12.1. The smallest absolute Gasteiger partial charge is 0.350 e. The molecular formula is C33H44N4O8S2. The van der Waals surface area contributed by atoms with Gasteiger partial charge in [0.15, 0.2) is 6.10 Å². The topological polar surface area (TPSA) is 182 Å². The van der Waals surface area contributed by atoms with Gasteiger partial charge < -0.3 is 40.7 Å². The van der Waals surface area contributed by atoms with Gasteiger partial charge in [-0.25, -0.2) is 9.78 Å². The van der Waals surface area contributed by atoms with Gasteiger partial charge in [-0.1, -0.05) is 19.1 Å². The van der Waals surface area contributed by atoms with E-state index in [2.05, 4.69) is 22.5 Å². The van der Waals surface area contributed by atoms with Crippen LogP contribution in [-0.2, 0) is 9.53 Å². The van der Waals surface area contributed by atoms with Gasteiger partial charge in [0.2, 0.25) is 5.91 Å². The number of benzene rings is 1. The van der Waals surface area contributed by atoms with Gasteiger partial charge >= 0.3 is 5.97 Å². The van der Waals surface area contributed by atoms with Gasteiger partial charge in [0, 0.05) is 35.8 Å². The van der Waals surface area contributed by atoms with Crippen molar-refractivity contribution in [3.05, 3.63) is 51.8 Å². The fourth-order valence-electron chi connectivity index (χ4n) is 5.59. The molecule has 14 heteroatoms. The Morgan fingerprint density at radius 1 is 1.11 bits per heavy atom. The molecule has 0 radical (unpaired) electrons. The third kappa shape index (κ3) is 9.02. The second kappa shape index (κ2) is 16.7. The highest BCUT2D eigenvalue weighted by atomic mass is 32.1. The lowest BCUT2D eigenvalue weighted by Gasteiger charge is -2.34. The number of nitrogens with zero attached hydrogens (tertiary/aromatic N) is 2. The first kappa shape index (κ1) is 35.1. The number of amides is 2. The third-order valence-corrected chi connectivity index (χ3v) is 10.0. The van der Waals surface area contributed by atoms with E-state index in [1.165, 1.54) is 11.3 Å². The molecule has 1 fully saturated rings. The zero-order valence-corrected chi connectivity index (χ0v) is 28.3. The molecule has 1 aromatic carbocycles. The zero-order valence-electron chi connectivity index (χ0n) is 27.7. The summed E-state index contributed by atoms with van der Waals surface area (Å²) < 4.78 is 13.0. The maximum absolute atomic E-state index is 14.1. The summed E-state index contributed by atoms with van der Waals surface area (Å²) >= 11 is 2.37. The molecule has 1 aliphatic carbocycles. The lowest BCUT2D eigenvalue weighted by Crippen LogP contribution is -2.51. The first-order valence-corrected chi connectivity index (χ1v) is 17.3. The Bertz CT molecular complexity index is 1500. The molecule has 2 amide bonds. The largest absolute Gasteiger partial charge is 0.452 e. The van der Waals surface area contributed by atoms with Gasteiger partial charge in [-0.3, -0.25) is 9.59 Å². The lowest BCUT2D eigenvalue weighted by atomic mass is 9.82. The third-order valence-electron chi connectivity index (χ3n) is 8.26. The summed E-state index contributed by atoms with van der Waals surface area (Å²) in [4.78, 5) is 46.8. The van der Waals surface area contributed by atoms with Crippen LogP contribution in [0.5, 0.6) is 0 Å². The maximum Gasteiger partial charge on any atom is 0.350 e. The number of thiazole rings is 1. The van der Waals surface area contributed by atoms with Crippen LogP contribution in [0.15, 0.2) is 41.2 Å². The van der Waals surface area contributed by atoms with Crippen molar-refractivity contribution >= 4 is 51.8 Å². The highest BCUT2D eigenvalue weighted by molar-refractivity contribution is 7.18. The molecule has 3 aromatic rings. The van der Waals surface area contributed by atoms with Crippen LogP contribution >= 0.6 is 22.7 Å². The van der Waals surface area contributed by atoms with Crippen molar-refractivity contribution in [3.63, 3.8) is 0 Å². The molecule has 256 valence electrons. The number of likely N-dealkylation sites (N-methyl/N-ethyl adjacent to an activating group) is 1. The number of anilines is 2. The highest BCUT2D eigenvalue weighted by Gasteiger charge is 2.38. The molecule has 6 N–H and O–H groups in total. The van der Waals surface area contributed by atoms with E-state index < -0.39 is 37.0 Å². The van der Waals surface area contributed by atoms with E-state index in [-0.39, 0.29) is 42.2 Å². The Hall–Kier alpha value is -3.24. The van der Waals surface area contributed by atoms with E-state index in [0.717, 1.165) is 37.0 Å². The van der Waals surface area contributed by atoms with E-state index in [4.69, 9.17) is 6.11 Å². The van der Waals surface area contributed by atoms with Crippen molar-refractivity contribution in [2.24, 2.45) is 11.8 Å². The van der Waals surface area contributed by atoms with Crippen LogP contribution in [0.4, 0.5) is 11.4 Å². The van der Waals surface area contributed by atoms with Gasteiger partial charge in [-0.2, -0.15) is 0 Å². The minimum Gasteiger partial charge on any atom is -0.452 e. The number of carbonyl (C=O) groups excluding carboxylic acids is 3. The molecule has 12 nitrogen and oxygen atoms in total. The number of aromatic nitrogens is 1. The summed E-state index contributed by atoms with van der Waals surface area (Å²) in [6.07, 6.45) is -3.44. The summed E-state index contributed by atoms with van der Waals surface area (Å²) in [5.74, 6) is -1.09. The highest BCUT2D eigenvalue weighted by Crippen LogP contribution is 2.41.